The van der Waals surface area contributed by atoms with Gasteiger partial charge in [-0.1, -0.05) is 37.5 Å². The monoisotopic (exact) mass is 241 g/mol. The number of aromatic nitrogens is 1. The molecule has 0 amide bonds. The van der Waals surface area contributed by atoms with Crippen molar-refractivity contribution in [3.05, 3.63) is 46.4 Å². The fourth-order valence-electron chi connectivity index (χ4n) is 3.19. The van der Waals surface area contributed by atoms with E-state index in [0.29, 0.717) is 5.92 Å². The topological polar surface area (TPSA) is 22.0 Å². The Morgan fingerprint density at radius 3 is 2.44 bits per heavy atom. The van der Waals surface area contributed by atoms with Crippen LogP contribution in [0.15, 0.2) is 35.3 Å². The third-order valence-electron chi connectivity index (χ3n) is 4.17. The Bertz CT molecular complexity index is 621. The number of rotatable bonds is 1. The van der Waals surface area contributed by atoms with Gasteiger partial charge in [0.15, 0.2) is 0 Å². The van der Waals surface area contributed by atoms with Crippen LogP contribution in [0.5, 0.6) is 0 Å². The molecular weight excluding hydrogens is 222 g/mol. The second-order valence-corrected chi connectivity index (χ2v) is 5.38. The highest BCUT2D eigenvalue weighted by molar-refractivity contribution is 5.85. The van der Waals surface area contributed by atoms with Gasteiger partial charge in [-0.05, 0) is 35.8 Å². The molecule has 0 aliphatic heterocycles. The Morgan fingerprint density at radius 1 is 1.06 bits per heavy atom. The lowest BCUT2D eigenvalue weighted by Crippen LogP contribution is -2.19. The van der Waals surface area contributed by atoms with E-state index in [0.717, 1.165) is 10.8 Å². The molecule has 18 heavy (non-hydrogen) atoms. The molecule has 3 rings (SSSR count). The molecular formula is C16H19NO. The molecule has 94 valence electrons. The predicted molar refractivity (Wildman–Crippen MR) is 75.0 cm³/mol. The molecule has 2 nitrogen and oxygen atoms in total. The molecule has 0 bridgehead atoms. The van der Waals surface area contributed by atoms with Crippen LogP contribution in [0.2, 0.25) is 0 Å². The molecule has 1 saturated carbocycles. The molecule has 1 aromatic heterocycles. The number of nitrogens with zero attached hydrogens (tertiary/aromatic N) is 1. The van der Waals surface area contributed by atoms with Crippen LogP contribution in [0.1, 0.15) is 43.6 Å². The normalized spacial score (nSPS) is 17.2. The van der Waals surface area contributed by atoms with Crippen molar-refractivity contribution in [3.8, 4) is 0 Å². The summed E-state index contributed by atoms with van der Waals surface area (Å²) in [4.78, 5) is 12.1. The quantitative estimate of drug-likeness (QED) is 0.748. The summed E-state index contributed by atoms with van der Waals surface area (Å²) in [5.74, 6) is 0.635. The summed E-state index contributed by atoms with van der Waals surface area (Å²) in [6.07, 6.45) is 8.59. The van der Waals surface area contributed by atoms with Crippen LogP contribution in [0.3, 0.4) is 0 Å². The lowest BCUT2D eigenvalue weighted by atomic mass is 9.83. The van der Waals surface area contributed by atoms with Crippen LogP contribution in [-0.4, -0.2) is 4.57 Å². The van der Waals surface area contributed by atoms with Crippen molar-refractivity contribution in [2.24, 2.45) is 7.05 Å². The Kier molecular flexibility index (Phi) is 2.94. The first-order chi connectivity index (χ1) is 8.77. The molecule has 1 heterocycles. The first kappa shape index (κ1) is 11.5. The minimum absolute atomic E-state index is 0.116. The molecule has 0 atom stereocenters. The van der Waals surface area contributed by atoms with Crippen LogP contribution in [0.25, 0.3) is 10.8 Å². The van der Waals surface area contributed by atoms with Gasteiger partial charge in [0.25, 0.3) is 5.56 Å². The van der Waals surface area contributed by atoms with Crippen molar-refractivity contribution < 1.29 is 0 Å². The van der Waals surface area contributed by atoms with E-state index in [9.17, 15) is 4.79 Å². The predicted octanol–water partition coefficient (Wildman–Crippen LogP) is 3.59. The zero-order valence-electron chi connectivity index (χ0n) is 10.9. The van der Waals surface area contributed by atoms with E-state index >= 15 is 0 Å². The molecule has 0 N–H and O–H groups in total. The second kappa shape index (κ2) is 4.60. The van der Waals surface area contributed by atoms with E-state index in [1.54, 1.807) is 4.57 Å². The fraction of sp³-hybridized carbons (Fsp3) is 0.438. The number of pyridine rings is 1. The molecule has 1 aliphatic rings. The lowest BCUT2D eigenvalue weighted by molar-refractivity contribution is 0.444. The molecule has 0 saturated heterocycles. The molecule has 2 heteroatoms. The Morgan fingerprint density at radius 2 is 1.72 bits per heavy atom. The van der Waals surface area contributed by atoms with E-state index in [1.807, 2.05) is 25.2 Å². The van der Waals surface area contributed by atoms with Crippen LogP contribution in [0.4, 0.5) is 0 Å². The molecule has 0 radical (unpaired) electrons. The largest absolute Gasteiger partial charge is 0.318 e. The summed E-state index contributed by atoms with van der Waals surface area (Å²) in [6.45, 7) is 0. The average molecular weight is 241 g/mol. The molecule has 1 aromatic carbocycles. The first-order valence-electron chi connectivity index (χ1n) is 6.85. The Balaban J connectivity index is 2.22. The van der Waals surface area contributed by atoms with Crippen molar-refractivity contribution in [2.45, 2.75) is 38.0 Å². The summed E-state index contributed by atoms with van der Waals surface area (Å²) in [6, 6.07) is 8.03. The van der Waals surface area contributed by atoms with Crippen LogP contribution in [-0.2, 0) is 7.05 Å². The number of aryl methyl sites for hydroxylation is 1. The first-order valence-corrected chi connectivity index (χ1v) is 6.85. The molecule has 0 unspecified atom stereocenters. The molecule has 2 aromatic rings. The molecule has 1 fully saturated rings. The smallest absolute Gasteiger partial charge is 0.258 e. The van der Waals surface area contributed by atoms with Gasteiger partial charge in [0.2, 0.25) is 0 Å². The minimum atomic E-state index is 0.116. The van der Waals surface area contributed by atoms with Gasteiger partial charge >= 0.3 is 0 Å². The highest BCUT2D eigenvalue weighted by Gasteiger charge is 2.19. The van der Waals surface area contributed by atoms with E-state index in [2.05, 4.69) is 12.3 Å². The SMILES string of the molecule is Cn1cc(C2CCCCC2)c2ccccc2c1=O. The maximum atomic E-state index is 12.1. The van der Waals surface area contributed by atoms with Crippen molar-refractivity contribution in [2.75, 3.05) is 0 Å². The molecule has 1 aliphatic carbocycles. The van der Waals surface area contributed by atoms with Gasteiger partial charge in [0, 0.05) is 18.6 Å². The average Bonchev–Trinajstić information content (AvgIpc) is 2.44. The summed E-state index contributed by atoms with van der Waals surface area (Å²) < 4.78 is 1.74. The van der Waals surface area contributed by atoms with E-state index in [1.165, 1.54) is 37.7 Å². The highest BCUT2D eigenvalue weighted by Crippen LogP contribution is 2.35. The van der Waals surface area contributed by atoms with Crippen molar-refractivity contribution >= 4 is 10.8 Å². The lowest BCUT2D eigenvalue weighted by Gasteiger charge is -2.23. The number of hydrogen-bond donors (Lipinski definition) is 0. The maximum absolute atomic E-state index is 12.1. The van der Waals surface area contributed by atoms with Crippen molar-refractivity contribution in [1.82, 2.24) is 4.57 Å². The van der Waals surface area contributed by atoms with Gasteiger partial charge in [-0.15, -0.1) is 0 Å². The summed E-state index contributed by atoms with van der Waals surface area (Å²) in [7, 11) is 1.86. The van der Waals surface area contributed by atoms with E-state index < -0.39 is 0 Å². The fourth-order valence-corrected chi connectivity index (χ4v) is 3.19. The molecule has 0 spiro atoms. The minimum Gasteiger partial charge on any atom is -0.318 e. The van der Waals surface area contributed by atoms with Crippen LogP contribution >= 0.6 is 0 Å². The third kappa shape index (κ3) is 1.86. The Hall–Kier alpha value is -1.57. The number of fused-ring (bicyclic) bond motifs is 1. The zero-order valence-corrected chi connectivity index (χ0v) is 10.9. The van der Waals surface area contributed by atoms with Gasteiger partial charge in [-0.2, -0.15) is 0 Å². The van der Waals surface area contributed by atoms with Crippen molar-refractivity contribution in [1.29, 1.82) is 0 Å². The maximum Gasteiger partial charge on any atom is 0.258 e. The summed E-state index contributed by atoms with van der Waals surface area (Å²) in [5, 5.41) is 2.02. The van der Waals surface area contributed by atoms with Gasteiger partial charge in [-0.25, -0.2) is 0 Å². The van der Waals surface area contributed by atoms with Crippen LogP contribution < -0.4 is 5.56 Å². The second-order valence-electron chi connectivity index (χ2n) is 5.38. The van der Waals surface area contributed by atoms with Gasteiger partial charge in [-0.3, -0.25) is 4.79 Å². The highest BCUT2D eigenvalue weighted by atomic mass is 16.1. The zero-order chi connectivity index (χ0) is 12.5. The Labute approximate surface area is 107 Å². The van der Waals surface area contributed by atoms with Crippen molar-refractivity contribution in [3.63, 3.8) is 0 Å². The van der Waals surface area contributed by atoms with Gasteiger partial charge < -0.3 is 4.57 Å². The van der Waals surface area contributed by atoms with E-state index in [-0.39, 0.29) is 5.56 Å². The third-order valence-corrected chi connectivity index (χ3v) is 4.17. The number of benzene rings is 1. The van der Waals surface area contributed by atoms with Gasteiger partial charge in [0.05, 0.1) is 0 Å². The summed E-state index contributed by atoms with van der Waals surface area (Å²) in [5.41, 5.74) is 1.48. The number of hydrogen-bond acceptors (Lipinski definition) is 1. The summed E-state index contributed by atoms with van der Waals surface area (Å²) >= 11 is 0. The van der Waals surface area contributed by atoms with E-state index in [4.69, 9.17) is 0 Å². The standard InChI is InChI=1S/C16H19NO/c1-17-11-15(12-7-3-2-4-8-12)13-9-5-6-10-14(13)16(17)18/h5-6,9-12H,2-4,7-8H2,1H3. The van der Waals surface area contributed by atoms with Crippen LogP contribution in [0, 0.1) is 0 Å². The van der Waals surface area contributed by atoms with Gasteiger partial charge in [0.1, 0.15) is 0 Å².